The summed E-state index contributed by atoms with van der Waals surface area (Å²) in [6, 6.07) is 21.1. The Morgan fingerprint density at radius 3 is 2.30 bits per heavy atom. The van der Waals surface area contributed by atoms with Crippen molar-refractivity contribution in [2.24, 2.45) is 0 Å². The molecule has 8 nitrogen and oxygen atoms in total. The maximum atomic E-state index is 12.3. The Kier molecular flexibility index (Phi) is 7.81. The lowest BCUT2D eigenvalue weighted by atomic mass is 10.2. The van der Waals surface area contributed by atoms with Crippen molar-refractivity contribution < 1.29 is 27.5 Å². The Bertz CT molecular complexity index is 1230. The number of nitrogens with one attached hydrogen (secondary N) is 2. The van der Waals surface area contributed by atoms with Crippen LogP contribution in [-0.2, 0) is 19.6 Å². The number of amides is 1. The number of sulfonamides is 1. The van der Waals surface area contributed by atoms with Crippen molar-refractivity contribution >= 4 is 27.6 Å². The predicted molar refractivity (Wildman–Crippen MR) is 124 cm³/mol. The standard InChI is InChI=1S/C24H24N2O6S/c1-17(2)26-33(29,30)22-13-6-8-18(14-22)24(28)31-16-23(27)25-19-9-7-12-21(15-19)32-20-10-4-3-5-11-20/h3-15,17,26H,16H2,1-2H3,(H,25,27). The topological polar surface area (TPSA) is 111 Å². The van der Waals surface area contributed by atoms with Gasteiger partial charge in [-0.15, -0.1) is 0 Å². The van der Waals surface area contributed by atoms with Gasteiger partial charge < -0.3 is 14.8 Å². The lowest BCUT2D eigenvalue weighted by molar-refractivity contribution is -0.119. The van der Waals surface area contributed by atoms with E-state index in [1.54, 1.807) is 38.1 Å². The Labute approximate surface area is 192 Å². The minimum absolute atomic E-state index is 0.0210. The van der Waals surface area contributed by atoms with Gasteiger partial charge in [-0.2, -0.15) is 0 Å². The molecule has 9 heteroatoms. The van der Waals surface area contributed by atoms with Crippen LogP contribution in [0.3, 0.4) is 0 Å². The number of anilines is 1. The maximum Gasteiger partial charge on any atom is 0.338 e. The number of carbonyl (C=O) groups excluding carboxylic acids is 2. The summed E-state index contributed by atoms with van der Waals surface area (Å²) in [5, 5.41) is 2.63. The van der Waals surface area contributed by atoms with Crippen LogP contribution < -0.4 is 14.8 Å². The summed E-state index contributed by atoms with van der Waals surface area (Å²) < 4.78 is 37.8. The van der Waals surface area contributed by atoms with Gasteiger partial charge in [-0.05, 0) is 56.3 Å². The van der Waals surface area contributed by atoms with Crippen LogP contribution in [0.4, 0.5) is 5.69 Å². The van der Waals surface area contributed by atoms with E-state index >= 15 is 0 Å². The van der Waals surface area contributed by atoms with E-state index in [-0.39, 0.29) is 16.5 Å². The fourth-order valence-corrected chi connectivity index (χ4v) is 4.14. The van der Waals surface area contributed by atoms with Gasteiger partial charge in [0.2, 0.25) is 10.0 Å². The summed E-state index contributed by atoms with van der Waals surface area (Å²) in [6.45, 7) is 2.85. The zero-order chi connectivity index (χ0) is 23.8. The van der Waals surface area contributed by atoms with Crippen LogP contribution in [0.5, 0.6) is 11.5 Å². The molecule has 3 aromatic rings. The van der Waals surface area contributed by atoms with Gasteiger partial charge in [-0.25, -0.2) is 17.9 Å². The average Bonchev–Trinajstić information content (AvgIpc) is 2.78. The molecule has 0 heterocycles. The lowest BCUT2D eigenvalue weighted by Crippen LogP contribution is -2.30. The van der Waals surface area contributed by atoms with Crippen LogP contribution in [-0.4, -0.2) is 32.9 Å². The summed E-state index contributed by atoms with van der Waals surface area (Å²) in [6.07, 6.45) is 0. The van der Waals surface area contributed by atoms with E-state index in [1.165, 1.54) is 24.3 Å². The van der Waals surface area contributed by atoms with Crippen molar-refractivity contribution in [1.29, 1.82) is 0 Å². The maximum absolute atomic E-state index is 12.3. The van der Waals surface area contributed by atoms with E-state index in [4.69, 9.17) is 9.47 Å². The molecule has 1 amide bonds. The van der Waals surface area contributed by atoms with E-state index in [1.807, 2.05) is 30.3 Å². The number of benzene rings is 3. The third kappa shape index (κ3) is 7.16. The van der Waals surface area contributed by atoms with Gasteiger partial charge in [0.15, 0.2) is 6.61 Å². The van der Waals surface area contributed by atoms with Crippen molar-refractivity contribution in [3.8, 4) is 11.5 Å². The molecule has 33 heavy (non-hydrogen) atoms. The molecule has 0 saturated carbocycles. The van der Waals surface area contributed by atoms with Crippen LogP contribution >= 0.6 is 0 Å². The van der Waals surface area contributed by atoms with Gasteiger partial charge in [0, 0.05) is 17.8 Å². The smallest absolute Gasteiger partial charge is 0.338 e. The number of para-hydroxylation sites is 1. The number of rotatable bonds is 9. The van der Waals surface area contributed by atoms with E-state index < -0.39 is 28.5 Å². The molecule has 2 N–H and O–H groups in total. The molecule has 3 aromatic carbocycles. The minimum Gasteiger partial charge on any atom is -0.457 e. The fraction of sp³-hybridized carbons (Fsp3) is 0.167. The van der Waals surface area contributed by atoms with Crippen LogP contribution in [0, 0.1) is 0 Å². The third-order valence-corrected chi connectivity index (χ3v) is 5.86. The first-order valence-corrected chi connectivity index (χ1v) is 11.6. The van der Waals surface area contributed by atoms with E-state index in [0.29, 0.717) is 17.2 Å². The van der Waals surface area contributed by atoms with Crippen molar-refractivity contribution in [2.75, 3.05) is 11.9 Å². The molecule has 0 fully saturated rings. The summed E-state index contributed by atoms with van der Waals surface area (Å²) >= 11 is 0. The van der Waals surface area contributed by atoms with Crippen molar-refractivity contribution in [3.63, 3.8) is 0 Å². The summed E-state index contributed by atoms with van der Waals surface area (Å²) in [4.78, 5) is 24.5. The SMILES string of the molecule is CC(C)NS(=O)(=O)c1cccc(C(=O)OCC(=O)Nc2cccc(Oc3ccccc3)c2)c1. The fourth-order valence-electron chi connectivity index (χ4n) is 2.84. The second kappa shape index (κ2) is 10.8. The summed E-state index contributed by atoms with van der Waals surface area (Å²) in [5.74, 6) is -0.176. The molecular weight excluding hydrogens is 444 g/mol. The molecule has 172 valence electrons. The number of carbonyl (C=O) groups is 2. The van der Waals surface area contributed by atoms with Gasteiger partial charge in [0.05, 0.1) is 10.5 Å². The van der Waals surface area contributed by atoms with Crippen LogP contribution in [0.25, 0.3) is 0 Å². The number of esters is 1. The lowest BCUT2D eigenvalue weighted by Gasteiger charge is -2.11. The monoisotopic (exact) mass is 468 g/mol. The first-order chi connectivity index (χ1) is 15.7. The summed E-state index contributed by atoms with van der Waals surface area (Å²) in [7, 11) is -3.76. The first-order valence-electron chi connectivity index (χ1n) is 10.2. The van der Waals surface area contributed by atoms with Gasteiger partial charge in [0.25, 0.3) is 5.91 Å². The highest BCUT2D eigenvalue weighted by Gasteiger charge is 2.18. The minimum atomic E-state index is -3.76. The number of hydrogen-bond acceptors (Lipinski definition) is 6. The van der Waals surface area contributed by atoms with Gasteiger partial charge in [0.1, 0.15) is 11.5 Å². The molecule has 0 unspecified atom stereocenters. The highest BCUT2D eigenvalue weighted by Crippen LogP contribution is 2.23. The molecular formula is C24H24N2O6S. The molecule has 0 aliphatic heterocycles. The Morgan fingerprint density at radius 1 is 0.879 bits per heavy atom. The molecule has 0 aliphatic carbocycles. The highest BCUT2D eigenvalue weighted by molar-refractivity contribution is 7.89. The van der Waals surface area contributed by atoms with E-state index in [9.17, 15) is 18.0 Å². The van der Waals surface area contributed by atoms with Crippen LogP contribution in [0.15, 0.2) is 83.8 Å². The molecule has 0 atom stereocenters. The van der Waals surface area contributed by atoms with Crippen molar-refractivity contribution in [1.82, 2.24) is 4.72 Å². The zero-order valence-electron chi connectivity index (χ0n) is 18.1. The largest absolute Gasteiger partial charge is 0.457 e. The highest BCUT2D eigenvalue weighted by atomic mass is 32.2. The molecule has 0 aromatic heterocycles. The molecule has 0 bridgehead atoms. The Hall–Kier alpha value is -3.69. The molecule has 0 spiro atoms. The molecule has 0 radical (unpaired) electrons. The number of hydrogen-bond donors (Lipinski definition) is 2. The van der Waals surface area contributed by atoms with E-state index in [0.717, 1.165) is 0 Å². The second-order valence-electron chi connectivity index (χ2n) is 7.37. The zero-order valence-corrected chi connectivity index (χ0v) is 19.0. The van der Waals surface area contributed by atoms with E-state index in [2.05, 4.69) is 10.0 Å². The molecule has 3 rings (SSSR count). The van der Waals surface area contributed by atoms with Crippen LogP contribution in [0.2, 0.25) is 0 Å². The Morgan fingerprint density at radius 2 is 1.58 bits per heavy atom. The van der Waals surface area contributed by atoms with Gasteiger partial charge >= 0.3 is 5.97 Å². The normalized spacial score (nSPS) is 11.1. The van der Waals surface area contributed by atoms with Crippen molar-refractivity contribution in [3.05, 3.63) is 84.4 Å². The Balaban J connectivity index is 1.58. The number of ether oxygens (including phenoxy) is 2. The third-order valence-electron chi connectivity index (χ3n) is 4.20. The second-order valence-corrected chi connectivity index (χ2v) is 9.09. The predicted octanol–water partition coefficient (Wildman–Crippen LogP) is 3.96. The van der Waals surface area contributed by atoms with Gasteiger partial charge in [-0.1, -0.05) is 30.3 Å². The quantitative estimate of drug-likeness (QED) is 0.460. The molecule has 0 saturated heterocycles. The first kappa shape index (κ1) is 24.0. The molecule has 0 aliphatic rings. The van der Waals surface area contributed by atoms with Crippen molar-refractivity contribution in [2.45, 2.75) is 24.8 Å². The average molecular weight is 469 g/mol. The summed E-state index contributed by atoms with van der Waals surface area (Å²) in [5.41, 5.74) is 0.491. The van der Waals surface area contributed by atoms with Crippen LogP contribution in [0.1, 0.15) is 24.2 Å². The van der Waals surface area contributed by atoms with Gasteiger partial charge in [-0.3, -0.25) is 4.79 Å².